The maximum Gasteiger partial charge on any atom is 0.267 e. The molecule has 0 bridgehead atoms. The zero-order valence-corrected chi connectivity index (χ0v) is 17.1. The molecule has 0 atom stereocenters. The molecule has 2 aromatic heterocycles. The van der Waals surface area contributed by atoms with Crippen molar-refractivity contribution >= 4 is 34.3 Å². The molecule has 2 aromatic carbocycles. The van der Waals surface area contributed by atoms with E-state index >= 15 is 0 Å². The van der Waals surface area contributed by atoms with Gasteiger partial charge in [-0.3, -0.25) is 9.59 Å². The lowest BCUT2D eigenvalue weighted by Crippen LogP contribution is -2.23. The minimum Gasteiger partial charge on any atom is -0.323 e. The Labute approximate surface area is 180 Å². The summed E-state index contributed by atoms with van der Waals surface area (Å²) >= 11 is 1.01. The molecule has 1 amide bonds. The highest BCUT2D eigenvalue weighted by Crippen LogP contribution is 2.22. The molecule has 4 rings (SSSR count). The monoisotopic (exact) mass is 438 g/mol. The molecule has 0 aliphatic heterocycles. The van der Waals surface area contributed by atoms with E-state index in [1.165, 1.54) is 4.57 Å². The van der Waals surface area contributed by atoms with Crippen molar-refractivity contribution in [2.45, 2.75) is 12.1 Å². The van der Waals surface area contributed by atoms with Gasteiger partial charge >= 0.3 is 0 Å². The van der Waals surface area contributed by atoms with Crippen LogP contribution in [0.3, 0.4) is 0 Å². The van der Waals surface area contributed by atoms with E-state index in [-0.39, 0.29) is 22.2 Å². The van der Waals surface area contributed by atoms with E-state index < -0.39 is 17.5 Å². The summed E-state index contributed by atoms with van der Waals surface area (Å²) in [5, 5.41) is 3.09. The van der Waals surface area contributed by atoms with E-state index in [0.29, 0.717) is 22.8 Å². The third-order valence-corrected chi connectivity index (χ3v) is 5.35. The fourth-order valence-electron chi connectivity index (χ4n) is 2.91. The SMILES string of the molecule is Cc1ccc(-n2c(SCC(=O)Nc3ccc(F)cc3F)nc3ccccc3c2=O)nc1. The Morgan fingerprint density at radius 1 is 1.13 bits per heavy atom. The number of para-hydroxylation sites is 1. The second-order valence-electron chi connectivity index (χ2n) is 6.71. The summed E-state index contributed by atoms with van der Waals surface area (Å²) in [5.74, 6) is -1.90. The molecule has 0 aliphatic rings. The summed E-state index contributed by atoms with van der Waals surface area (Å²) in [6, 6.07) is 13.3. The lowest BCUT2D eigenvalue weighted by Gasteiger charge is -2.13. The first kappa shape index (κ1) is 20.7. The van der Waals surface area contributed by atoms with Gasteiger partial charge in [-0.15, -0.1) is 0 Å². The van der Waals surface area contributed by atoms with Gasteiger partial charge in [0.05, 0.1) is 22.3 Å². The number of benzene rings is 2. The van der Waals surface area contributed by atoms with Gasteiger partial charge in [-0.1, -0.05) is 30.0 Å². The highest BCUT2D eigenvalue weighted by atomic mass is 32.2. The summed E-state index contributed by atoms with van der Waals surface area (Å²) in [6.45, 7) is 1.88. The van der Waals surface area contributed by atoms with Crippen molar-refractivity contribution in [3.8, 4) is 5.82 Å². The second kappa shape index (κ2) is 8.65. The normalized spacial score (nSPS) is 10.9. The van der Waals surface area contributed by atoms with Gasteiger partial charge in [-0.25, -0.2) is 23.3 Å². The standard InChI is InChI=1S/C22H16F2N4O2S/c1-13-6-9-19(25-11-13)28-21(30)15-4-2-3-5-17(15)27-22(28)31-12-20(29)26-18-8-7-14(23)10-16(18)24/h2-11H,12H2,1H3,(H,26,29). The molecule has 0 unspecified atom stereocenters. The number of anilines is 1. The largest absolute Gasteiger partial charge is 0.323 e. The van der Waals surface area contributed by atoms with Crippen LogP contribution in [0.5, 0.6) is 0 Å². The number of hydrogen-bond acceptors (Lipinski definition) is 5. The maximum absolute atomic E-state index is 13.8. The molecule has 6 nitrogen and oxygen atoms in total. The highest BCUT2D eigenvalue weighted by Gasteiger charge is 2.16. The van der Waals surface area contributed by atoms with Crippen molar-refractivity contribution in [3.05, 3.63) is 88.3 Å². The molecule has 0 radical (unpaired) electrons. The van der Waals surface area contributed by atoms with Crippen LogP contribution in [0.25, 0.3) is 16.7 Å². The number of aromatic nitrogens is 3. The van der Waals surface area contributed by atoms with Crippen molar-refractivity contribution in [2.75, 3.05) is 11.1 Å². The van der Waals surface area contributed by atoms with Crippen LogP contribution in [0, 0.1) is 18.6 Å². The molecule has 31 heavy (non-hydrogen) atoms. The molecule has 2 heterocycles. The third kappa shape index (κ3) is 4.46. The fraction of sp³-hybridized carbons (Fsp3) is 0.0909. The third-order valence-electron chi connectivity index (χ3n) is 4.41. The summed E-state index contributed by atoms with van der Waals surface area (Å²) < 4.78 is 28.2. The van der Waals surface area contributed by atoms with Crippen LogP contribution in [0.15, 0.2) is 70.7 Å². The number of fused-ring (bicyclic) bond motifs is 1. The quantitative estimate of drug-likeness (QED) is 0.375. The number of rotatable bonds is 5. The Hall–Kier alpha value is -3.59. The molecule has 0 saturated carbocycles. The molecule has 156 valence electrons. The van der Waals surface area contributed by atoms with Gasteiger partial charge in [0, 0.05) is 12.3 Å². The van der Waals surface area contributed by atoms with Crippen molar-refractivity contribution in [1.82, 2.24) is 14.5 Å². The van der Waals surface area contributed by atoms with Crippen LogP contribution in [0.1, 0.15) is 5.56 Å². The number of carbonyl (C=O) groups is 1. The first-order valence-electron chi connectivity index (χ1n) is 9.25. The van der Waals surface area contributed by atoms with Crippen LogP contribution >= 0.6 is 11.8 Å². The minimum atomic E-state index is -0.872. The average molecular weight is 438 g/mol. The van der Waals surface area contributed by atoms with Gasteiger partial charge in [0.15, 0.2) is 5.16 Å². The van der Waals surface area contributed by atoms with Crippen molar-refractivity contribution in [3.63, 3.8) is 0 Å². The van der Waals surface area contributed by atoms with Gasteiger partial charge in [0.1, 0.15) is 17.5 Å². The average Bonchev–Trinajstić information content (AvgIpc) is 2.75. The molecule has 0 saturated heterocycles. The number of carbonyl (C=O) groups excluding carboxylic acids is 1. The number of nitrogens with one attached hydrogen (secondary N) is 1. The van der Waals surface area contributed by atoms with Gasteiger partial charge in [-0.05, 0) is 42.8 Å². The summed E-state index contributed by atoms with van der Waals surface area (Å²) in [6.07, 6.45) is 1.63. The predicted molar refractivity (Wildman–Crippen MR) is 116 cm³/mol. The maximum atomic E-state index is 13.8. The van der Waals surface area contributed by atoms with Gasteiger partial charge in [0.2, 0.25) is 5.91 Å². The van der Waals surface area contributed by atoms with E-state index in [4.69, 9.17) is 0 Å². The summed E-state index contributed by atoms with van der Waals surface area (Å²) in [5.41, 5.74) is 0.981. The smallest absolute Gasteiger partial charge is 0.267 e. The Kier molecular flexibility index (Phi) is 5.77. The highest BCUT2D eigenvalue weighted by molar-refractivity contribution is 7.99. The molecular formula is C22H16F2N4O2S. The van der Waals surface area contributed by atoms with Gasteiger partial charge < -0.3 is 5.32 Å². The number of amides is 1. The molecule has 1 N–H and O–H groups in total. The van der Waals surface area contributed by atoms with Crippen molar-refractivity contribution < 1.29 is 13.6 Å². The number of nitrogens with zero attached hydrogens (tertiary/aromatic N) is 3. The summed E-state index contributed by atoms with van der Waals surface area (Å²) in [7, 11) is 0. The van der Waals surface area contributed by atoms with E-state index in [2.05, 4.69) is 15.3 Å². The number of hydrogen-bond donors (Lipinski definition) is 1. The number of thioether (sulfide) groups is 1. The molecule has 0 spiro atoms. The predicted octanol–water partition coefficient (Wildman–Crippen LogP) is 4.10. The molecule has 0 fully saturated rings. The number of halogens is 2. The Bertz CT molecular complexity index is 1340. The second-order valence-corrected chi connectivity index (χ2v) is 7.65. The van der Waals surface area contributed by atoms with E-state index in [0.717, 1.165) is 29.5 Å². The first-order chi connectivity index (χ1) is 14.9. The molecule has 0 aliphatic carbocycles. The van der Waals surface area contributed by atoms with Crippen LogP contribution in [0.4, 0.5) is 14.5 Å². The lowest BCUT2D eigenvalue weighted by molar-refractivity contribution is -0.113. The van der Waals surface area contributed by atoms with E-state index in [1.807, 2.05) is 13.0 Å². The van der Waals surface area contributed by atoms with Crippen LogP contribution < -0.4 is 10.9 Å². The van der Waals surface area contributed by atoms with Crippen LogP contribution in [-0.4, -0.2) is 26.2 Å². The fourth-order valence-corrected chi connectivity index (χ4v) is 3.71. The zero-order chi connectivity index (χ0) is 22.0. The Balaban J connectivity index is 1.66. The molecule has 9 heteroatoms. The first-order valence-corrected chi connectivity index (χ1v) is 10.2. The van der Waals surface area contributed by atoms with Crippen molar-refractivity contribution in [2.24, 2.45) is 0 Å². The molecule has 4 aromatic rings. The van der Waals surface area contributed by atoms with Crippen LogP contribution in [-0.2, 0) is 4.79 Å². The Morgan fingerprint density at radius 3 is 2.68 bits per heavy atom. The van der Waals surface area contributed by atoms with Gasteiger partial charge in [-0.2, -0.15) is 0 Å². The number of pyridine rings is 1. The Morgan fingerprint density at radius 2 is 1.94 bits per heavy atom. The van der Waals surface area contributed by atoms with Crippen molar-refractivity contribution in [1.29, 1.82) is 0 Å². The zero-order valence-electron chi connectivity index (χ0n) is 16.3. The molecular weight excluding hydrogens is 422 g/mol. The van der Waals surface area contributed by atoms with E-state index in [1.54, 1.807) is 36.5 Å². The minimum absolute atomic E-state index is 0.129. The summed E-state index contributed by atoms with van der Waals surface area (Å²) in [4.78, 5) is 34.3. The lowest BCUT2D eigenvalue weighted by atomic mass is 10.2. The number of aryl methyl sites for hydroxylation is 1. The van der Waals surface area contributed by atoms with Crippen LogP contribution in [0.2, 0.25) is 0 Å². The topological polar surface area (TPSA) is 76.9 Å². The van der Waals surface area contributed by atoms with E-state index in [9.17, 15) is 18.4 Å². The van der Waals surface area contributed by atoms with Gasteiger partial charge in [0.25, 0.3) is 5.56 Å².